The quantitative estimate of drug-likeness (QED) is 0.860. The number of carbonyl (C=O) groups excluding carboxylic acids is 1. The highest BCUT2D eigenvalue weighted by atomic mass is 19.1. The van der Waals surface area contributed by atoms with E-state index in [1.165, 1.54) is 17.0 Å². The summed E-state index contributed by atoms with van der Waals surface area (Å²) in [6, 6.07) is 3.28. The summed E-state index contributed by atoms with van der Waals surface area (Å²) in [6.07, 6.45) is 1.56. The third-order valence-electron chi connectivity index (χ3n) is 4.79. The van der Waals surface area contributed by atoms with Crippen molar-refractivity contribution in [1.29, 1.82) is 0 Å². The van der Waals surface area contributed by atoms with Gasteiger partial charge >= 0.3 is 0 Å². The van der Waals surface area contributed by atoms with Crippen LogP contribution in [0.25, 0.3) is 0 Å². The van der Waals surface area contributed by atoms with Crippen LogP contribution in [0.4, 0.5) is 8.78 Å². The molecule has 126 valence electrons. The van der Waals surface area contributed by atoms with Crippen LogP contribution in [0, 0.1) is 11.6 Å². The number of benzene rings is 1. The number of carbonyl (C=O) groups is 1. The van der Waals surface area contributed by atoms with Crippen LogP contribution < -0.4 is 0 Å². The van der Waals surface area contributed by atoms with E-state index in [1.807, 2.05) is 0 Å². The monoisotopic (exact) mass is 324 g/mol. The van der Waals surface area contributed by atoms with Gasteiger partial charge in [0.2, 0.25) is 5.91 Å². The fourth-order valence-electron chi connectivity index (χ4n) is 3.11. The SMILES string of the molecule is C=CCN1C(=O)C(C)(CO)N(C)CC1(C)c1cc(F)cc(F)c1. The topological polar surface area (TPSA) is 43.8 Å². The molecule has 2 rings (SSSR count). The number of nitrogens with zero attached hydrogens (tertiary/aromatic N) is 2. The Morgan fingerprint density at radius 2 is 1.87 bits per heavy atom. The lowest BCUT2D eigenvalue weighted by Gasteiger charge is -2.55. The molecule has 0 saturated carbocycles. The first-order chi connectivity index (χ1) is 10.7. The normalized spacial score (nSPS) is 29.0. The summed E-state index contributed by atoms with van der Waals surface area (Å²) in [6.45, 7) is 7.27. The maximum absolute atomic E-state index is 13.7. The first-order valence-corrected chi connectivity index (χ1v) is 7.40. The summed E-state index contributed by atoms with van der Waals surface area (Å²) < 4.78 is 27.3. The predicted octanol–water partition coefficient (Wildman–Crippen LogP) is 1.89. The zero-order valence-electron chi connectivity index (χ0n) is 13.6. The van der Waals surface area contributed by atoms with Gasteiger partial charge < -0.3 is 10.0 Å². The average molecular weight is 324 g/mol. The maximum atomic E-state index is 13.7. The van der Waals surface area contributed by atoms with Crippen LogP contribution >= 0.6 is 0 Å². The summed E-state index contributed by atoms with van der Waals surface area (Å²) in [7, 11) is 1.72. The van der Waals surface area contributed by atoms with Crippen molar-refractivity contribution in [2.45, 2.75) is 24.9 Å². The van der Waals surface area contributed by atoms with Crippen LogP contribution in [-0.4, -0.2) is 53.1 Å². The zero-order chi connectivity index (χ0) is 17.4. The minimum Gasteiger partial charge on any atom is -0.394 e. The van der Waals surface area contributed by atoms with Gasteiger partial charge in [-0.2, -0.15) is 0 Å². The highest BCUT2D eigenvalue weighted by Crippen LogP contribution is 2.38. The Bertz CT molecular complexity index is 617. The van der Waals surface area contributed by atoms with Crippen LogP contribution in [0.5, 0.6) is 0 Å². The summed E-state index contributed by atoms with van der Waals surface area (Å²) in [5.74, 6) is -1.68. The second-order valence-corrected chi connectivity index (χ2v) is 6.42. The number of aliphatic hydroxyl groups is 1. The zero-order valence-corrected chi connectivity index (χ0v) is 13.6. The molecule has 1 saturated heterocycles. The van der Waals surface area contributed by atoms with Crippen molar-refractivity contribution >= 4 is 5.91 Å². The number of likely N-dealkylation sites (N-methyl/N-ethyl adjacent to an activating group) is 1. The number of amides is 1. The van der Waals surface area contributed by atoms with Gasteiger partial charge in [-0.1, -0.05) is 6.08 Å². The molecule has 1 aromatic carbocycles. The van der Waals surface area contributed by atoms with Crippen LogP contribution in [0.3, 0.4) is 0 Å². The largest absolute Gasteiger partial charge is 0.394 e. The van der Waals surface area contributed by atoms with Crippen LogP contribution in [0.2, 0.25) is 0 Å². The van der Waals surface area contributed by atoms with Gasteiger partial charge in [-0.15, -0.1) is 6.58 Å². The lowest BCUT2D eigenvalue weighted by atomic mass is 9.81. The Morgan fingerprint density at radius 3 is 2.35 bits per heavy atom. The molecule has 0 spiro atoms. The first kappa shape index (κ1) is 17.6. The van der Waals surface area contributed by atoms with Crippen LogP contribution in [-0.2, 0) is 10.3 Å². The van der Waals surface area contributed by atoms with Gasteiger partial charge in [0.1, 0.15) is 17.2 Å². The molecule has 6 heteroatoms. The van der Waals surface area contributed by atoms with E-state index in [4.69, 9.17) is 0 Å². The number of hydrogen-bond acceptors (Lipinski definition) is 3. The molecular weight excluding hydrogens is 302 g/mol. The maximum Gasteiger partial charge on any atom is 0.246 e. The van der Waals surface area contributed by atoms with Crippen molar-refractivity contribution in [2.24, 2.45) is 0 Å². The van der Waals surface area contributed by atoms with Gasteiger partial charge in [0.15, 0.2) is 0 Å². The van der Waals surface area contributed by atoms with Crippen molar-refractivity contribution in [1.82, 2.24) is 9.80 Å². The molecule has 2 atom stereocenters. The second-order valence-electron chi connectivity index (χ2n) is 6.42. The Balaban J connectivity index is 2.58. The van der Waals surface area contributed by atoms with E-state index < -0.39 is 22.7 Å². The van der Waals surface area contributed by atoms with Gasteiger partial charge in [0, 0.05) is 19.2 Å². The first-order valence-electron chi connectivity index (χ1n) is 7.40. The average Bonchev–Trinajstić information content (AvgIpc) is 2.48. The van der Waals surface area contributed by atoms with Gasteiger partial charge in [-0.25, -0.2) is 8.78 Å². The molecule has 23 heavy (non-hydrogen) atoms. The van der Waals surface area contributed by atoms with E-state index in [9.17, 15) is 18.7 Å². The third kappa shape index (κ3) is 2.77. The molecule has 0 aliphatic carbocycles. The van der Waals surface area contributed by atoms with Crippen LogP contribution in [0.1, 0.15) is 19.4 Å². The van der Waals surface area contributed by atoms with Crippen molar-refractivity contribution in [3.05, 3.63) is 48.1 Å². The summed E-state index contributed by atoms with van der Waals surface area (Å²) >= 11 is 0. The van der Waals surface area contributed by atoms with E-state index in [-0.39, 0.29) is 19.1 Å². The Morgan fingerprint density at radius 1 is 1.30 bits per heavy atom. The highest BCUT2D eigenvalue weighted by Gasteiger charge is 2.52. The Hall–Kier alpha value is -1.79. The highest BCUT2D eigenvalue weighted by molar-refractivity contribution is 5.88. The van der Waals surface area contributed by atoms with E-state index in [2.05, 4.69) is 6.58 Å². The van der Waals surface area contributed by atoms with Crippen LogP contribution in [0.15, 0.2) is 30.9 Å². The number of rotatable bonds is 4. The summed E-state index contributed by atoms with van der Waals surface area (Å²) in [5.41, 5.74) is -1.64. The summed E-state index contributed by atoms with van der Waals surface area (Å²) in [4.78, 5) is 16.2. The molecule has 0 aromatic heterocycles. The van der Waals surface area contributed by atoms with E-state index in [0.29, 0.717) is 12.1 Å². The number of piperazine rings is 1. The van der Waals surface area contributed by atoms with E-state index in [1.54, 1.807) is 31.9 Å². The van der Waals surface area contributed by atoms with Gasteiger partial charge in [-0.3, -0.25) is 9.69 Å². The molecule has 0 bridgehead atoms. The van der Waals surface area contributed by atoms with Crippen molar-refractivity contribution in [2.75, 3.05) is 26.7 Å². The Kier molecular flexibility index (Phi) is 4.59. The number of halogens is 2. The van der Waals surface area contributed by atoms with Crippen molar-refractivity contribution in [3.8, 4) is 0 Å². The second kappa shape index (κ2) is 6.02. The number of aliphatic hydroxyl groups excluding tert-OH is 1. The number of hydrogen-bond donors (Lipinski definition) is 1. The summed E-state index contributed by atoms with van der Waals surface area (Å²) in [5, 5.41) is 9.67. The van der Waals surface area contributed by atoms with Gasteiger partial charge in [0.25, 0.3) is 0 Å². The molecule has 1 N–H and O–H groups in total. The third-order valence-corrected chi connectivity index (χ3v) is 4.79. The molecule has 0 radical (unpaired) electrons. The lowest BCUT2D eigenvalue weighted by molar-refractivity contribution is -0.164. The molecular formula is C17H22F2N2O2. The van der Waals surface area contributed by atoms with E-state index in [0.717, 1.165) is 6.07 Å². The molecule has 4 nitrogen and oxygen atoms in total. The molecule has 1 aromatic rings. The fourth-order valence-corrected chi connectivity index (χ4v) is 3.11. The predicted molar refractivity (Wildman–Crippen MR) is 83.7 cm³/mol. The molecule has 1 amide bonds. The van der Waals surface area contributed by atoms with Crippen molar-refractivity contribution in [3.63, 3.8) is 0 Å². The van der Waals surface area contributed by atoms with Crippen molar-refractivity contribution < 1.29 is 18.7 Å². The van der Waals surface area contributed by atoms with Gasteiger partial charge in [-0.05, 0) is 38.6 Å². The van der Waals surface area contributed by atoms with Gasteiger partial charge in [0.05, 0.1) is 12.1 Å². The fraction of sp³-hybridized carbons (Fsp3) is 0.471. The molecule has 1 aliphatic heterocycles. The smallest absolute Gasteiger partial charge is 0.246 e. The Labute approximate surface area is 135 Å². The molecule has 1 fully saturated rings. The molecule has 1 aliphatic rings. The minimum atomic E-state index is -1.08. The molecule has 2 unspecified atom stereocenters. The van der Waals surface area contributed by atoms with E-state index >= 15 is 0 Å². The lowest BCUT2D eigenvalue weighted by Crippen LogP contribution is -2.71. The minimum absolute atomic E-state index is 0.219. The standard InChI is InChI=1S/C17H22F2N2O2/c1-5-6-21-15(23)17(3,11-22)20(4)10-16(21,2)12-7-13(18)9-14(19)8-12/h5,7-9,22H,1,6,10-11H2,2-4H3. The molecule has 1 heterocycles.